The van der Waals surface area contributed by atoms with Crippen LogP contribution in [0.5, 0.6) is 11.5 Å². The van der Waals surface area contributed by atoms with Crippen molar-refractivity contribution in [2.45, 2.75) is 6.92 Å². The molecule has 0 heterocycles. The van der Waals surface area contributed by atoms with Crippen molar-refractivity contribution in [3.63, 3.8) is 0 Å². The number of Topliss-reactive ketones (excluding diaryl/α,β-unsaturated/α-hetero) is 1. The average Bonchev–Trinajstić information content (AvgIpc) is 2.47. The van der Waals surface area contributed by atoms with Crippen LogP contribution in [0.3, 0.4) is 0 Å². The first-order valence-corrected chi connectivity index (χ1v) is 6.38. The van der Waals surface area contributed by atoms with E-state index < -0.39 is 11.6 Å². The summed E-state index contributed by atoms with van der Waals surface area (Å²) in [5, 5.41) is 0. The molecule has 3 nitrogen and oxygen atoms in total. The molecule has 0 spiro atoms. The maximum absolute atomic E-state index is 13.0. The number of ether oxygens (including phenoxy) is 2. The second-order valence-electron chi connectivity index (χ2n) is 4.33. The van der Waals surface area contributed by atoms with Crippen molar-refractivity contribution in [1.29, 1.82) is 0 Å². The van der Waals surface area contributed by atoms with Gasteiger partial charge < -0.3 is 9.47 Å². The third kappa shape index (κ3) is 4.02. The topological polar surface area (TPSA) is 35.5 Å². The van der Waals surface area contributed by atoms with Crippen LogP contribution in [0.25, 0.3) is 0 Å². The Morgan fingerprint density at radius 1 is 1.00 bits per heavy atom. The molecule has 110 valence electrons. The van der Waals surface area contributed by atoms with E-state index in [2.05, 4.69) is 0 Å². The van der Waals surface area contributed by atoms with Crippen molar-refractivity contribution in [3.8, 4) is 11.5 Å². The third-order valence-corrected chi connectivity index (χ3v) is 2.77. The second-order valence-corrected chi connectivity index (χ2v) is 4.33. The Morgan fingerprint density at radius 2 is 1.71 bits per heavy atom. The van der Waals surface area contributed by atoms with Crippen LogP contribution in [0, 0.1) is 11.6 Å². The van der Waals surface area contributed by atoms with Gasteiger partial charge in [0, 0.05) is 6.07 Å². The monoisotopic (exact) mass is 292 g/mol. The van der Waals surface area contributed by atoms with Crippen LogP contribution in [-0.4, -0.2) is 19.0 Å². The summed E-state index contributed by atoms with van der Waals surface area (Å²) in [5.41, 5.74) is 0.491. The number of carbonyl (C=O) groups excluding carboxylic acids is 1. The number of hydrogen-bond donors (Lipinski definition) is 0. The highest BCUT2D eigenvalue weighted by Crippen LogP contribution is 2.19. The van der Waals surface area contributed by atoms with Crippen molar-refractivity contribution >= 4 is 5.78 Å². The molecule has 0 radical (unpaired) electrons. The van der Waals surface area contributed by atoms with Gasteiger partial charge in [0.15, 0.2) is 17.4 Å². The summed E-state index contributed by atoms with van der Waals surface area (Å²) in [4.78, 5) is 11.4. The maximum Gasteiger partial charge on any atom is 0.163 e. The van der Waals surface area contributed by atoms with Crippen LogP contribution in [0.2, 0.25) is 0 Å². The van der Waals surface area contributed by atoms with Crippen LogP contribution in [0.1, 0.15) is 17.3 Å². The summed E-state index contributed by atoms with van der Waals surface area (Å²) >= 11 is 0. The standard InChI is InChI=1S/C16H14F2O3/c1-11(19)13-4-2-3-5-16(13)21-9-8-20-12-6-7-14(17)15(18)10-12/h2-7,10H,8-9H2,1H3. The number of carbonyl (C=O) groups is 1. The van der Waals surface area contributed by atoms with E-state index in [0.29, 0.717) is 11.3 Å². The van der Waals surface area contributed by atoms with Gasteiger partial charge in [-0.3, -0.25) is 4.79 Å². The van der Waals surface area contributed by atoms with Gasteiger partial charge in [0.05, 0.1) is 5.56 Å². The molecule has 0 unspecified atom stereocenters. The first kappa shape index (κ1) is 15.0. The third-order valence-electron chi connectivity index (χ3n) is 2.77. The molecule has 0 saturated carbocycles. The minimum atomic E-state index is -0.963. The summed E-state index contributed by atoms with van der Waals surface area (Å²) in [6, 6.07) is 10.2. The predicted octanol–water partition coefficient (Wildman–Crippen LogP) is 3.63. The van der Waals surface area contributed by atoms with Crippen molar-refractivity contribution in [2.75, 3.05) is 13.2 Å². The Morgan fingerprint density at radius 3 is 2.43 bits per heavy atom. The molecule has 0 bridgehead atoms. The van der Waals surface area contributed by atoms with Gasteiger partial charge in [-0.25, -0.2) is 8.78 Å². The molecule has 2 aromatic carbocycles. The molecule has 0 N–H and O–H groups in total. The zero-order chi connectivity index (χ0) is 15.2. The first-order chi connectivity index (χ1) is 10.1. The van der Waals surface area contributed by atoms with E-state index in [4.69, 9.17) is 9.47 Å². The zero-order valence-corrected chi connectivity index (χ0v) is 11.4. The summed E-state index contributed by atoms with van der Waals surface area (Å²) in [6.07, 6.45) is 0. The Hall–Kier alpha value is -2.43. The lowest BCUT2D eigenvalue weighted by atomic mass is 10.1. The molecule has 2 rings (SSSR count). The van der Waals surface area contributed by atoms with Gasteiger partial charge in [-0.1, -0.05) is 12.1 Å². The molecule has 0 saturated heterocycles. The van der Waals surface area contributed by atoms with Crippen molar-refractivity contribution in [2.24, 2.45) is 0 Å². The molecular formula is C16H14F2O3. The number of benzene rings is 2. The first-order valence-electron chi connectivity index (χ1n) is 6.38. The summed E-state index contributed by atoms with van der Waals surface area (Å²) in [7, 11) is 0. The molecule has 0 aliphatic heterocycles. The predicted molar refractivity (Wildman–Crippen MR) is 73.8 cm³/mol. The quantitative estimate of drug-likeness (QED) is 0.602. The number of ketones is 1. The van der Waals surface area contributed by atoms with Crippen molar-refractivity contribution in [3.05, 3.63) is 59.7 Å². The van der Waals surface area contributed by atoms with E-state index in [1.807, 2.05) is 0 Å². The van der Waals surface area contributed by atoms with Gasteiger partial charge in [-0.15, -0.1) is 0 Å². The number of rotatable bonds is 6. The summed E-state index contributed by atoms with van der Waals surface area (Å²) in [6.45, 7) is 1.79. The SMILES string of the molecule is CC(=O)c1ccccc1OCCOc1ccc(F)c(F)c1. The van der Waals surface area contributed by atoms with Crippen LogP contribution >= 0.6 is 0 Å². The van der Waals surface area contributed by atoms with E-state index in [1.54, 1.807) is 24.3 Å². The van der Waals surface area contributed by atoms with E-state index in [9.17, 15) is 13.6 Å². The number of para-hydroxylation sites is 1. The molecular weight excluding hydrogens is 278 g/mol. The number of hydrogen-bond acceptors (Lipinski definition) is 3. The fraction of sp³-hybridized carbons (Fsp3) is 0.188. The number of halogens is 2. The Kier molecular flexibility index (Phi) is 4.87. The molecule has 0 fully saturated rings. The normalized spacial score (nSPS) is 10.2. The zero-order valence-electron chi connectivity index (χ0n) is 11.4. The molecule has 0 aliphatic rings. The van der Waals surface area contributed by atoms with Crippen LogP contribution in [0.15, 0.2) is 42.5 Å². The molecule has 0 aliphatic carbocycles. The fourth-order valence-electron chi connectivity index (χ4n) is 1.76. The van der Waals surface area contributed by atoms with Crippen LogP contribution in [0.4, 0.5) is 8.78 Å². The largest absolute Gasteiger partial charge is 0.490 e. The highest BCUT2D eigenvalue weighted by atomic mass is 19.2. The molecule has 0 atom stereocenters. The lowest BCUT2D eigenvalue weighted by Gasteiger charge is -2.10. The van der Waals surface area contributed by atoms with Gasteiger partial charge in [0.2, 0.25) is 0 Å². The minimum Gasteiger partial charge on any atom is -0.490 e. The lowest BCUT2D eigenvalue weighted by Crippen LogP contribution is -2.11. The molecule has 0 amide bonds. The minimum absolute atomic E-state index is 0.0906. The van der Waals surface area contributed by atoms with E-state index in [1.165, 1.54) is 13.0 Å². The fourth-order valence-corrected chi connectivity index (χ4v) is 1.76. The Labute approximate surface area is 121 Å². The van der Waals surface area contributed by atoms with E-state index in [-0.39, 0.29) is 24.7 Å². The van der Waals surface area contributed by atoms with E-state index in [0.717, 1.165) is 12.1 Å². The molecule has 21 heavy (non-hydrogen) atoms. The molecule has 5 heteroatoms. The van der Waals surface area contributed by atoms with Crippen molar-refractivity contribution in [1.82, 2.24) is 0 Å². The van der Waals surface area contributed by atoms with Gasteiger partial charge in [-0.05, 0) is 31.2 Å². The smallest absolute Gasteiger partial charge is 0.163 e. The average molecular weight is 292 g/mol. The Bertz CT molecular complexity index is 641. The summed E-state index contributed by atoms with van der Waals surface area (Å²) in [5.74, 6) is -1.28. The lowest BCUT2D eigenvalue weighted by molar-refractivity contribution is 0.101. The van der Waals surface area contributed by atoms with Crippen LogP contribution in [-0.2, 0) is 0 Å². The van der Waals surface area contributed by atoms with Gasteiger partial charge in [-0.2, -0.15) is 0 Å². The highest BCUT2D eigenvalue weighted by Gasteiger charge is 2.07. The molecule has 0 aromatic heterocycles. The second kappa shape index (κ2) is 6.83. The Balaban J connectivity index is 1.87. The maximum atomic E-state index is 13.0. The van der Waals surface area contributed by atoms with Crippen molar-refractivity contribution < 1.29 is 23.0 Å². The molecule has 2 aromatic rings. The van der Waals surface area contributed by atoms with Gasteiger partial charge in [0.25, 0.3) is 0 Å². The van der Waals surface area contributed by atoms with Gasteiger partial charge >= 0.3 is 0 Å². The summed E-state index contributed by atoms with van der Waals surface area (Å²) < 4.78 is 36.4. The van der Waals surface area contributed by atoms with E-state index >= 15 is 0 Å². The van der Waals surface area contributed by atoms with Crippen LogP contribution < -0.4 is 9.47 Å². The van der Waals surface area contributed by atoms with Gasteiger partial charge in [0.1, 0.15) is 24.7 Å². The highest BCUT2D eigenvalue weighted by molar-refractivity contribution is 5.96.